The average Bonchev–Trinajstić information content (AvgIpc) is 2.73. The Bertz CT molecular complexity index is 611. The van der Waals surface area contributed by atoms with E-state index in [0.717, 1.165) is 45.1 Å². The highest BCUT2D eigenvalue weighted by Crippen LogP contribution is 2.27. The number of nitrogens with zero attached hydrogens (tertiary/aromatic N) is 2. The molecular weight excluding hydrogens is 340 g/mol. The minimum Gasteiger partial charge on any atom is -0.375 e. The zero-order valence-corrected chi connectivity index (χ0v) is 16.4. The predicted molar refractivity (Wildman–Crippen MR) is 105 cm³/mol. The number of aryl methyl sites for hydroxylation is 1. The zero-order chi connectivity index (χ0) is 19.1. The van der Waals surface area contributed by atoms with Crippen molar-refractivity contribution in [3.05, 3.63) is 35.9 Å². The molecule has 0 spiro atoms. The summed E-state index contributed by atoms with van der Waals surface area (Å²) >= 11 is 0. The Labute approximate surface area is 162 Å². The van der Waals surface area contributed by atoms with Crippen molar-refractivity contribution in [1.82, 2.24) is 9.80 Å². The van der Waals surface area contributed by atoms with Gasteiger partial charge in [0, 0.05) is 38.7 Å². The van der Waals surface area contributed by atoms with Gasteiger partial charge in [-0.25, -0.2) is 0 Å². The molecule has 0 aliphatic carbocycles. The Morgan fingerprint density at radius 1 is 1.04 bits per heavy atom. The third-order valence-corrected chi connectivity index (χ3v) is 5.98. The van der Waals surface area contributed by atoms with Crippen molar-refractivity contribution in [3.63, 3.8) is 0 Å². The molecule has 2 saturated heterocycles. The molecular formula is C22H32N2O3. The van der Waals surface area contributed by atoms with Crippen LogP contribution >= 0.6 is 0 Å². The van der Waals surface area contributed by atoms with Gasteiger partial charge in [0.15, 0.2) is 0 Å². The molecule has 2 aliphatic heterocycles. The second-order valence-corrected chi connectivity index (χ2v) is 7.79. The molecule has 2 fully saturated rings. The van der Waals surface area contributed by atoms with Gasteiger partial charge in [-0.1, -0.05) is 30.3 Å². The number of benzene rings is 1. The standard InChI is InChI=1S/C22H32N2O3/c1-27-17-21(25)23-15-12-19(13-16-23)22(26)24-14-6-5-9-20(24)11-10-18-7-3-2-4-8-18/h2-4,7-8,19-20H,5-6,9-17H2,1H3/t20-/m0/s1. The Balaban J connectivity index is 1.53. The monoisotopic (exact) mass is 372 g/mol. The minimum absolute atomic E-state index is 0.0297. The first kappa shape index (κ1) is 19.9. The number of rotatable bonds is 6. The summed E-state index contributed by atoms with van der Waals surface area (Å²) in [5.41, 5.74) is 1.35. The van der Waals surface area contributed by atoms with Gasteiger partial charge in [0.25, 0.3) is 0 Å². The maximum Gasteiger partial charge on any atom is 0.248 e. The number of carbonyl (C=O) groups is 2. The van der Waals surface area contributed by atoms with Crippen molar-refractivity contribution in [3.8, 4) is 0 Å². The molecule has 2 amide bonds. The van der Waals surface area contributed by atoms with Crippen molar-refractivity contribution in [2.45, 2.75) is 51.0 Å². The summed E-state index contributed by atoms with van der Waals surface area (Å²) in [7, 11) is 1.54. The third kappa shape index (κ3) is 5.32. The fourth-order valence-electron chi connectivity index (χ4n) is 4.39. The van der Waals surface area contributed by atoms with E-state index >= 15 is 0 Å². The van der Waals surface area contributed by atoms with Crippen LogP contribution in [0.15, 0.2) is 30.3 Å². The van der Waals surface area contributed by atoms with Crippen LogP contribution in [0.4, 0.5) is 0 Å². The summed E-state index contributed by atoms with van der Waals surface area (Å²) in [6.45, 7) is 2.36. The van der Waals surface area contributed by atoms with E-state index in [-0.39, 0.29) is 18.4 Å². The van der Waals surface area contributed by atoms with E-state index in [1.165, 1.54) is 12.0 Å². The lowest BCUT2D eigenvalue weighted by molar-refractivity contribution is -0.144. The van der Waals surface area contributed by atoms with Gasteiger partial charge in [-0.3, -0.25) is 9.59 Å². The van der Waals surface area contributed by atoms with Gasteiger partial charge >= 0.3 is 0 Å². The number of carbonyl (C=O) groups excluding carboxylic acids is 2. The summed E-state index contributed by atoms with van der Waals surface area (Å²) in [5.74, 6) is 0.405. The molecule has 1 aromatic carbocycles. The zero-order valence-electron chi connectivity index (χ0n) is 16.4. The van der Waals surface area contributed by atoms with Crippen LogP contribution < -0.4 is 0 Å². The molecule has 1 aromatic rings. The summed E-state index contributed by atoms with van der Waals surface area (Å²) in [4.78, 5) is 29.1. The largest absolute Gasteiger partial charge is 0.375 e. The van der Waals surface area contributed by atoms with E-state index in [9.17, 15) is 9.59 Å². The fourth-order valence-corrected chi connectivity index (χ4v) is 4.39. The lowest BCUT2D eigenvalue weighted by Crippen LogP contribution is -2.49. The van der Waals surface area contributed by atoms with Crippen LogP contribution in [0.5, 0.6) is 0 Å². The van der Waals surface area contributed by atoms with Crippen LogP contribution in [0.3, 0.4) is 0 Å². The number of hydrogen-bond acceptors (Lipinski definition) is 3. The molecule has 0 N–H and O–H groups in total. The lowest BCUT2D eigenvalue weighted by atomic mass is 9.90. The molecule has 3 rings (SSSR count). The predicted octanol–water partition coefficient (Wildman–Crippen LogP) is 2.89. The highest BCUT2D eigenvalue weighted by Gasteiger charge is 2.34. The van der Waals surface area contributed by atoms with Crippen LogP contribution in [0.2, 0.25) is 0 Å². The molecule has 0 saturated carbocycles. The second kappa shape index (κ2) is 9.88. The first-order chi connectivity index (χ1) is 13.2. The molecule has 2 heterocycles. The number of hydrogen-bond donors (Lipinski definition) is 0. The molecule has 1 atom stereocenters. The van der Waals surface area contributed by atoms with Crippen molar-refractivity contribution in [2.24, 2.45) is 5.92 Å². The first-order valence-electron chi connectivity index (χ1n) is 10.3. The van der Waals surface area contributed by atoms with Crippen LogP contribution in [0, 0.1) is 5.92 Å². The van der Waals surface area contributed by atoms with E-state index < -0.39 is 0 Å². The summed E-state index contributed by atoms with van der Waals surface area (Å²) in [6.07, 6.45) is 7.06. The Morgan fingerprint density at radius 3 is 2.48 bits per heavy atom. The molecule has 0 radical (unpaired) electrons. The number of methoxy groups -OCH3 is 1. The van der Waals surface area contributed by atoms with E-state index in [0.29, 0.717) is 25.0 Å². The van der Waals surface area contributed by atoms with Crippen molar-refractivity contribution in [1.29, 1.82) is 0 Å². The topological polar surface area (TPSA) is 49.9 Å². The average molecular weight is 373 g/mol. The van der Waals surface area contributed by atoms with Crippen LogP contribution in [0.1, 0.15) is 44.1 Å². The number of piperidine rings is 2. The summed E-state index contributed by atoms with van der Waals surface area (Å²) < 4.78 is 4.94. The molecule has 5 nitrogen and oxygen atoms in total. The van der Waals surface area contributed by atoms with Crippen molar-refractivity contribution < 1.29 is 14.3 Å². The first-order valence-corrected chi connectivity index (χ1v) is 10.3. The van der Waals surface area contributed by atoms with Crippen LogP contribution in [-0.4, -0.2) is 61.0 Å². The van der Waals surface area contributed by atoms with Gasteiger partial charge in [-0.2, -0.15) is 0 Å². The lowest BCUT2D eigenvalue weighted by Gasteiger charge is -2.40. The molecule has 0 aromatic heterocycles. The van der Waals surface area contributed by atoms with Crippen molar-refractivity contribution in [2.75, 3.05) is 33.4 Å². The Morgan fingerprint density at radius 2 is 1.78 bits per heavy atom. The van der Waals surface area contributed by atoms with Gasteiger partial charge in [0.05, 0.1) is 0 Å². The summed E-state index contributed by atoms with van der Waals surface area (Å²) in [6, 6.07) is 10.9. The normalized spacial score (nSPS) is 21.3. The Hall–Kier alpha value is -1.88. The number of amides is 2. The number of ether oxygens (including phenoxy) is 1. The Kier molecular flexibility index (Phi) is 7.27. The third-order valence-electron chi connectivity index (χ3n) is 5.98. The van der Waals surface area contributed by atoms with Gasteiger partial charge < -0.3 is 14.5 Å². The van der Waals surface area contributed by atoms with Gasteiger partial charge in [-0.15, -0.1) is 0 Å². The summed E-state index contributed by atoms with van der Waals surface area (Å²) in [5, 5.41) is 0. The van der Waals surface area contributed by atoms with Crippen LogP contribution in [0.25, 0.3) is 0 Å². The number of likely N-dealkylation sites (tertiary alicyclic amines) is 2. The van der Waals surface area contributed by atoms with Crippen LogP contribution in [-0.2, 0) is 20.7 Å². The maximum absolute atomic E-state index is 13.2. The quantitative estimate of drug-likeness (QED) is 0.771. The molecule has 2 aliphatic rings. The van der Waals surface area contributed by atoms with E-state index in [2.05, 4.69) is 29.2 Å². The van der Waals surface area contributed by atoms with E-state index in [1.807, 2.05) is 11.0 Å². The maximum atomic E-state index is 13.2. The minimum atomic E-state index is 0.0297. The molecule has 148 valence electrons. The highest BCUT2D eigenvalue weighted by molar-refractivity contribution is 5.81. The van der Waals surface area contributed by atoms with E-state index in [1.54, 1.807) is 7.11 Å². The van der Waals surface area contributed by atoms with Gasteiger partial charge in [0.2, 0.25) is 11.8 Å². The van der Waals surface area contributed by atoms with E-state index in [4.69, 9.17) is 4.74 Å². The fraction of sp³-hybridized carbons (Fsp3) is 0.636. The molecule has 27 heavy (non-hydrogen) atoms. The van der Waals surface area contributed by atoms with Gasteiger partial charge in [-0.05, 0) is 50.5 Å². The molecule has 0 bridgehead atoms. The SMILES string of the molecule is COCC(=O)N1CCC(C(=O)N2CCCC[C@H]2CCc2ccccc2)CC1. The van der Waals surface area contributed by atoms with Crippen molar-refractivity contribution >= 4 is 11.8 Å². The van der Waals surface area contributed by atoms with Gasteiger partial charge in [0.1, 0.15) is 6.61 Å². The second-order valence-electron chi connectivity index (χ2n) is 7.79. The molecule has 5 heteroatoms. The smallest absolute Gasteiger partial charge is 0.248 e. The highest BCUT2D eigenvalue weighted by atomic mass is 16.5. The molecule has 0 unspecified atom stereocenters.